The molecule has 52 heavy (non-hydrogen) atoms. The van der Waals surface area contributed by atoms with Gasteiger partial charge in [-0.25, -0.2) is 4.79 Å². The van der Waals surface area contributed by atoms with Crippen molar-refractivity contribution in [3.05, 3.63) is 70.3 Å². The van der Waals surface area contributed by atoms with Crippen molar-refractivity contribution in [2.24, 2.45) is 0 Å². The highest BCUT2D eigenvalue weighted by atomic mass is 32.2. The molecule has 1 aliphatic rings. The van der Waals surface area contributed by atoms with Crippen LogP contribution in [0.15, 0.2) is 59.5 Å². The number of hydrogen-bond acceptors (Lipinski definition) is 9. The van der Waals surface area contributed by atoms with Crippen molar-refractivity contribution in [1.82, 2.24) is 0 Å². The highest BCUT2D eigenvalue weighted by Crippen LogP contribution is 2.46. The Hall–Kier alpha value is -3.07. The molecule has 0 unspecified atom stereocenters. The maximum atomic E-state index is 14.8. The Kier molecular flexibility index (Phi) is 17.5. The van der Waals surface area contributed by atoms with Crippen LogP contribution < -0.4 is 0 Å². The van der Waals surface area contributed by atoms with Crippen molar-refractivity contribution in [2.75, 3.05) is 20.3 Å². The standard InChI is InChI=1S/C38H54F3NO9S/c1-3-4-5-6-7-8-9-10-11-12-13-14-15-19-28-49-34-26-21-27-36(34,30-50-52(46,47)33-25-20-24-32(29-33)42(44)45)51-35(43)37(48-2,38(39,40)41)31-22-17-16-18-23-31/h16-18,20,22-25,29,34H,3-15,19,21,26-28,30H2,1-2H3/t34-,36+,37-/m1/s1. The molecule has 0 saturated heterocycles. The van der Waals surface area contributed by atoms with Crippen molar-refractivity contribution >= 4 is 21.8 Å². The number of unbranched alkanes of at least 4 members (excludes halogenated alkanes) is 13. The van der Waals surface area contributed by atoms with E-state index < -0.39 is 67.2 Å². The lowest BCUT2D eigenvalue weighted by molar-refractivity contribution is -0.385. The number of methoxy groups -OCH3 is 1. The van der Waals surface area contributed by atoms with Crippen molar-refractivity contribution in [1.29, 1.82) is 0 Å². The number of non-ortho nitro benzene ring substituents is 1. The van der Waals surface area contributed by atoms with Crippen LogP contribution >= 0.6 is 0 Å². The molecule has 2 aromatic carbocycles. The molecule has 0 aliphatic heterocycles. The normalized spacial score (nSPS) is 19.0. The fourth-order valence-corrected chi connectivity index (χ4v) is 7.72. The van der Waals surface area contributed by atoms with E-state index in [1.807, 2.05) is 0 Å². The van der Waals surface area contributed by atoms with E-state index in [9.17, 15) is 36.5 Å². The second-order valence-corrected chi connectivity index (χ2v) is 15.1. The molecule has 2 aromatic rings. The van der Waals surface area contributed by atoms with E-state index in [2.05, 4.69) is 6.92 Å². The quantitative estimate of drug-likeness (QED) is 0.0319. The molecule has 0 N–H and O–H groups in total. The Bertz CT molecular complexity index is 1490. The van der Waals surface area contributed by atoms with Crippen LogP contribution in [0.5, 0.6) is 0 Å². The Labute approximate surface area is 306 Å². The first kappa shape index (κ1) is 43.3. The van der Waals surface area contributed by atoms with Crippen LogP contribution in [-0.4, -0.2) is 57.5 Å². The van der Waals surface area contributed by atoms with Crippen LogP contribution in [-0.2, 0) is 38.9 Å². The molecule has 10 nitrogen and oxygen atoms in total. The number of nitro groups is 1. The summed E-state index contributed by atoms with van der Waals surface area (Å²) in [4.78, 5) is 23.7. The summed E-state index contributed by atoms with van der Waals surface area (Å²) in [5, 5.41) is 11.3. The minimum Gasteiger partial charge on any atom is -0.451 e. The molecule has 0 aromatic heterocycles. The molecule has 1 fully saturated rings. The van der Waals surface area contributed by atoms with Crippen molar-refractivity contribution < 1.29 is 49.7 Å². The van der Waals surface area contributed by atoms with E-state index in [0.717, 1.165) is 69.2 Å². The van der Waals surface area contributed by atoms with Gasteiger partial charge in [0.15, 0.2) is 5.60 Å². The Balaban J connectivity index is 1.68. The van der Waals surface area contributed by atoms with Crippen LogP contribution in [0.3, 0.4) is 0 Å². The van der Waals surface area contributed by atoms with Gasteiger partial charge in [-0.3, -0.25) is 14.3 Å². The van der Waals surface area contributed by atoms with E-state index in [0.29, 0.717) is 12.8 Å². The van der Waals surface area contributed by atoms with Gasteiger partial charge in [0, 0.05) is 31.4 Å². The first-order chi connectivity index (χ1) is 24.8. The maximum Gasteiger partial charge on any atom is 0.432 e. The van der Waals surface area contributed by atoms with Gasteiger partial charge in [-0.05, 0) is 31.7 Å². The minimum absolute atomic E-state index is 0.0565. The number of carbonyl (C=O) groups is 1. The first-order valence-electron chi connectivity index (χ1n) is 18.5. The summed E-state index contributed by atoms with van der Waals surface area (Å²) in [5.41, 5.74) is -6.49. The van der Waals surface area contributed by atoms with E-state index >= 15 is 0 Å². The van der Waals surface area contributed by atoms with Gasteiger partial charge in [0.1, 0.15) is 11.5 Å². The predicted octanol–water partition coefficient (Wildman–Crippen LogP) is 9.74. The summed E-state index contributed by atoms with van der Waals surface area (Å²) in [6.45, 7) is 1.56. The molecule has 0 bridgehead atoms. The predicted molar refractivity (Wildman–Crippen MR) is 190 cm³/mol. The molecular weight excluding hydrogens is 703 g/mol. The van der Waals surface area contributed by atoms with Crippen LogP contribution in [0, 0.1) is 10.1 Å². The van der Waals surface area contributed by atoms with E-state index in [1.54, 1.807) is 0 Å². The van der Waals surface area contributed by atoms with Gasteiger partial charge in [0.25, 0.3) is 21.4 Å². The fraction of sp³-hybridized carbons (Fsp3) is 0.658. The Morgan fingerprint density at radius 2 is 1.46 bits per heavy atom. The van der Waals surface area contributed by atoms with Crippen LogP contribution in [0.4, 0.5) is 18.9 Å². The number of nitrogens with zero attached hydrogens (tertiary/aromatic N) is 1. The summed E-state index contributed by atoms with van der Waals surface area (Å²) < 4.78 is 92.8. The number of nitro benzene ring substituents is 1. The fourth-order valence-electron chi connectivity index (χ4n) is 6.72. The number of carbonyl (C=O) groups excluding carboxylic acids is 1. The average molecular weight is 758 g/mol. The van der Waals surface area contributed by atoms with Gasteiger partial charge in [-0.1, -0.05) is 127 Å². The molecule has 3 rings (SSSR count). The molecule has 0 radical (unpaired) electrons. The molecule has 0 spiro atoms. The average Bonchev–Trinajstić information content (AvgIpc) is 3.51. The summed E-state index contributed by atoms with van der Waals surface area (Å²) in [6, 6.07) is 10.5. The van der Waals surface area contributed by atoms with Crippen LogP contribution in [0.2, 0.25) is 0 Å². The third kappa shape index (κ3) is 12.0. The molecule has 14 heteroatoms. The summed E-state index contributed by atoms with van der Waals surface area (Å²) in [5.74, 6) is -1.79. The highest BCUT2D eigenvalue weighted by molar-refractivity contribution is 7.86. The number of benzene rings is 2. The number of rotatable bonds is 25. The third-order valence-corrected chi connectivity index (χ3v) is 11.0. The number of alkyl halides is 3. The van der Waals surface area contributed by atoms with E-state index in [1.165, 1.54) is 76.0 Å². The van der Waals surface area contributed by atoms with Crippen LogP contribution in [0.25, 0.3) is 0 Å². The molecule has 0 amide bonds. The van der Waals surface area contributed by atoms with Gasteiger partial charge < -0.3 is 14.2 Å². The lowest BCUT2D eigenvalue weighted by atomic mass is 9.91. The lowest BCUT2D eigenvalue weighted by Gasteiger charge is -2.39. The lowest BCUT2D eigenvalue weighted by Crippen LogP contribution is -2.57. The molecular formula is C38H54F3NO9S. The molecule has 1 saturated carbocycles. The molecule has 292 valence electrons. The van der Waals surface area contributed by atoms with Gasteiger partial charge in [0.05, 0.1) is 11.0 Å². The van der Waals surface area contributed by atoms with Crippen molar-refractivity contribution in [3.63, 3.8) is 0 Å². The monoisotopic (exact) mass is 757 g/mol. The largest absolute Gasteiger partial charge is 0.451 e. The zero-order chi connectivity index (χ0) is 38.1. The van der Waals surface area contributed by atoms with Gasteiger partial charge in [0.2, 0.25) is 0 Å². The number of ether oxygens (including phenoxy) is 3. The van der Waals surface area contributed by atoms with Gasteiger partial charge in [-0.15, -0.1) is 0 Å². The zero-order valence-corrected chi connectivity index (χ0v) is 31.2. The Morgan fingerprint density at radius 1 is 0.885 bits per heavy atom. The number of hydrogen-bond donors (Lipinski definition) is 0. The molecule has 0 heterocycles. The topological polar surface area (TPSA) is 131 Å². The van der Waals surface area contributed by atoms with E-state index in [4.69, 9.17) is 18.4 Å². The molecule has 1 aliphatic carbocycles. The first-order valence-corrected chi connectivity index (χ1v) is 19.9. The van der Waals surface area contributed by atoms with Gasteiger partial charge >= 0.3 is 12.1 Å². The Morgan fingerprint density at radius 3 is 2.00 bits per heavy atom. The third-order valence-electron chi connectivity index (χ3n) is 9.71. The second-order valence-electron chi connectivity index (χ2n) is 13.5. The summed E-state index contributed by atoms with van der Waals surface area (Å²) in [7, 11) is -3.93. The maximum absolute atomic E-state index is 14.8. The number of esters is 1. The van der Waals surface area contributed by atoms with Crippen LogP contribution in [0.1, 0.15) is 122 Å². The highest BCUT2D eigenvalue weighted by Gasteiger charge is 2.66. The minimum atomic E-state index is -5.26. The summed E-state index contributed by atoms with van der Waals surface area (Å²) in [6.07, 6.45) is 10.6. The second kappa shape index (κ2) is 21.0. The number of halogens is 3. The van der Waals surface area contributed by atoms with Crippen molar-refractivity contribution in [3.8, 4) is 0 Å². The molecule has 3 atom stereocenters. The zero-order valence-electron chi connectivity index (χ0n) is 30.4. The van der Waals surface area contributed by atoms with E-state index in [-0.39, 0.29) is 19.4 Å². The van der Waals surface area contributed by atoms with Gasteiger partial charge in [-0.2, -0.15) is 21.6 Å². The van der Waals surface area contributed by atoms with Crippen molar-refractivity contribution in [2.45, 2.75) is 144 Å². The summed E-state index contributed by atoms with van der Waals surface area (Å²) >= 11 is 0. The SMILES string of the molecule is CCCCCCCCCCCCCCCCO[C@@H]1CCC[C@@]1(COS(=O)(=O)c1cccc([N+](=O)[O-])c1)OC(=O)[C@](OC)(c1ccccc1)C(F)(F)F. The smallest absolute Gasteiger partial charge is 0.432 e.